The monoisotopic (exact) mass is 203 g/mol. The molecule has 0 saturated carbocycles. The Bertz CT molecular complexity index is 450. The molecule has 3 heteroatoms. The Kier molecular flexibility index (Phi) is 1.67. The lowest BCUT2D eigenvalue weighted by Crippen LogP contribution is -2.12. The predicted molar refractivity (Wildman–Crippen MR) is 58.3 cm³/mol. The number of carbonyl (C=O) groups is 1. The molecule has 0 bridgehead atoms. The van der Waals surface area contributed by atoms with Gasteiger partial charge in [0.15, 0.2) is 0 Å². The number of nitrogens with one attached hydrogen (secondary N) is 1. The van der Waals surface area contributed by atoms with Crippen molar-refractivity contribution in [2.24, 2.45) is 0 Å². The molecule has 2 nitrogen and oxygen atoms in total. The summed E-state index contributed by atoms with van der Waals surface area (Å²) in [4.78, 5) is 11.5. The van der Waals surface area contributed by atoms with Gasteiger partial charge in [0.25, 0.3) is 0 Å². The lowest BCUT2D eigenvalue weighted by atomic mass is 9.99. The highest BCUT2D eigenvalue weighted by atomic mass is 32.2. The molecule has 0 saturated heterocycles. The molecular weight excluding hydrogens is 194 g/mol. The Morgan fingerprint density at radius 1 is 1.29 bits per heavy atom. The van der Waals surface area contributed by atoms with Crippen LogP contribution in [0.4, 0.5) is 5.69 Å². The minimum Gasteiger partial charge on any atom is -0.358 e. The number of benzene rings is 1. The van der Waals surface area contributed by atoms with Crippen molar-refractivity contribution < 1.29 is 4.79 Å². The Balaban J connectivity index is 2.06. The molecule has 70 valence electrons. The molecule has 1 N–H and O–H groups in total. The van der Waals surface area contributed by atoms with E-state index in [1.807, 2.05) is 12.1 Å². The highest BCUT2D eigenvalue weighted by Gasteiger charge is 2.27. The van der Waals surface area contributed by atoms with Gasteiger partial charge in [-0.2, -0.15) is 0 Å². The van der Waals surface area contributed by atoms with Crippen LogP contribution in [0.5, 0.6) is 0 Å². The molecule has 0 radical (unpaired) electrons. The van der Waals surface area contributed by atoms with Crippen LogP contribution >= 0.6 is 11.8 Å². The largest absolute Gasteiger partial charge is 0.358 e. The van der Waals surface area contributed by atoms with E-state index in [9.17, 15) is 4.79 Å². The summed E-state index contributed by atoms with van der Waals surface area (Å²) in [5.74, 6) is 0.808. The fourth-order valence-electron chi connectivity index (χ4n) is 1.87. The predicted octanol–water partition coefficient (Wildman–Crippen LogP) is 2.18. The smallest absolute Gasteiger partial charge is 0.217 e. The highest BCUT2D eigenvalue weighted by Crippen LogP contribution is 2.35. The van der Waals surface area contributed by atoms with Crippen molar-refractivity contribution in [2.45, 2.75) is 6.42 Å². The van der Waals surface area contributed by atoms with Gasteiger partial charge in [-0.3, -0.25) is 4.79 Å². The van der Waals surface area contributed by atoms with E-state index in [-0.39, 0.29) is 5.12 Å². The van der Waals surface area contributed by atoms with E-state index in [0.717, 1.165) is 29.1 Å². The SMILES string of the molecule is O=C1SCC2=C1Cc1ccccc1N2. The number of thioether (sulfide) groups is 1. The molecule has 3 rings (SSSR count). The number of hydrogen-bond donors (Lipinski definition) is 1. The molecule has 0 atom stereocenters. The molecule has 1 aromatic carbocycles. The van der Waals surface area contributed by atoms with Crippen molar-refractivity contribution >= 4 is 22.6 Å². The second-order valence-corrected chi connectivity index (χ2v) is 4.44. The maximum Gasteiger partial charge on any atom is 0.217 e. The third-order valence-corrected chi connectivity index (χ3v) is 3.57. The second-order valence-electron chi connectivity index (χ2n) is 3.49. The third kappa shape index (κ3) is 1.09. The molecule has 0 fully saturated rings. The van der Waals surface area contributed by atoms with Crippen LogP contribution in [-0.4, -0.2) is 10.9 Å². The average Bonchev–Trinajstić information content (AvgIpc) is 2.57. The van der Waals surface area contributed by atoms with Crippen LogP contribution in [0.1, 0.15) is 5.56 Å². The molecule has 0 amide bonds. The Hall–Kier alpha value is -1.22. The van der Waals surface area contributed by atoms with Gasteiger partial charge >= 0.3 is 0 Å². The van der Waals surface area contributed by atoms with E-state index < -0.39 is 0 Å². The summed E-state index contributed by atoms with van der Waals surface area (Å²) in [5, 5.41) is 3.57. The molecule has 14 heavy (non-hydrogen) atoms. The summed E-state index contributed by atoms with van der Waals surface area (Å²) in [6.45, 7) is 0. The summed E-state index contributed by atoms with van der Waals surface area (Å²) in [7, 11) is 0. The zero-order valence-electron chi connectivity index (χ0n) is 7.54. The quantitative estimate of drug-likeness (QED) is 0.700. The van der Waals surface area contributed by atoms with Crippen molar-refractivity contribution in [1.29, 1.82) is 0 Å². The summed E-state index contributed by atoms with van der Waals surface area (Å²) >= 11 is 1.40. The van der Waals surface area contributed by atoms with Gasteiger partial charge in [-0.25, -0.2) is 0 Å². The molecule has 2 aliphatic rings. The van der Waals surface area contributed by atoms with Crippen LogP contribution in [0.25, 0.3) is 0 Å². The highest BCUT2D eigenvalue weighted by molar-refractivity contribution is 8.14. The molecule has 2 aliphatic heterocycles. The van der Waals surface area contributed by atoms with Gasteiger partial charge in [-0.15, -0.1) is 0 Å². The summed E-state index contributed by atoms with van der Waals surface area (Å²) in [6.07, 6.45) is 0.796. The van der Waals surface area contributed by atoms with Crippen molar-refractivity contribution in [3.05, 3.63) is 41.1 Å². The van der Waals surface area contributed by atoms with E-state index >= 15 is 0 Å². The number of fused-ring (bicyclic) bond motifs is 1. The van der Waals surface area contributed by atoms with Gasteiger partial charge in [0, 0.05) is 29.1 Å². The van der Waals surface area contributed by atoms with Gasteiger partial charge in [0.2, 0.25) is 5.12 Å². The number of anilines is 1. The van der Waals surface area contributed by atoms with E-state index in [4.69, 9.17) is 0 Å². The molecule has 1 aromatic rings. The normalized spacial score (nSPS) is 19.0. The Labute approximate surface area is 86.4 Å². The van der Waals surface area contributed by atoms with Crippen LogP contribution in [0.2, 0.25) is 0 Å². The first kappa shape index (κ1) is 8.12. The summed E-state index contributed by atoms with van der Waals surface area (Å²) in [6, 6.07) is 8.16. The minimum absolute atomic E-state index is 0.238. The number of para-hydroxylation sites is 1. The minimum atomic E-state index is 0.238. The number of carbonyl (C=O) groups excluding carboxylic acids is 1. The summed E-state index contributed by atoms with van der Waals surface area (Å²) < 4.78 is 0. The van der Waals surface area contributed by atoms with Gasteiger partial charge < -0.3 is 5.32 Å². The van der Waals surface area contributed by atoms with Crippen LogP contribution in [0, 0.1) is 0 Å². The average molecular weight is 203 g/mol. The van der Waals surface area contributed by atoms with Gasteiger partial charge in [-0.1, -0.05) is 30.0 Å². The number of hydrogen-bond acceptors (Lipinski definition) is 3. The molecule has 0 aliphatic carbocycles. The first-order chi connectivity index (χ1) is 6.84. The van der Waals surface area contributed by atoms with E-state index in [1.54, 1.807) is 0 Å². The first-order valence-corrected chi connectivity index (χ1v) is 5.57. The lowest BCUT2D eigenvalue weighted by molar-refractivity contribution is -0.107. The topological polar surface area (TPSA) is 29.1 Å². The van der Waals surface area contributed by atoms with E-state index in [1.165, 1.54) is 17.3 Å². The fraction of sp³-hybridized carbons (Fsp3) is 0.182. The van der Waals surface area contributed by atoms with Gasteiger partial charge in [-0.05, 0) is 11.6 Å². The molecule has 0 unspecified atom stereocenters. The van der Waals surface area contributed by atoms with Crippen molar-refractivity contribution in [3.8, 4) is 0 Å². The Morgan fingerprint density at radius 3 is 3.07 bits per heavy atom. The van der Waals surface area contributed by atoms with Crippen LogP contribution < -0.4 is 5.32 Å². The van der Waals surface area contributed by atoms with Crippen LogP contribution in [0.15, 0.2) is 35.5 Å². The van der Waals surface area contributed by atoms with E-state index in [2.05, 4.69) is 17.4 Å². The zero-order chi connectivity index (χ0) is 9.54. The van der Waals surface area contributed by atoms with Crippen molar-refractivity contribution in [2.75, 3.05) is 11.1 Å². The number of rotatable bonds is 0. The maximum atomic E-state index is 11.5. The van der Waals surface area contributed by atoms with Crippen molar-refractivity contribution in [1.82, 2.24) is 0 Å². The first-order valence-electron chi connectivity index (χ1n) is 4.58. The lowest BCUT2D eigenvalue weighted by Gasteiger charge is -2.18. The van der Waals surface area contributed by atoms with Crippen molar-refractivity contribution in [3.63, 3.8) is 0 Å². The fourth-order valence-corrected chi connectivity index (χ4v) is 2.77. The molecular formula is C11H9NOS. The zero-order valence-corrected chi connectivity index (χ0v) is 8.36. The van der Waals surface area contributed by atoms with Gasteiger partial charge in [0.1, 0.15) is 0 Å². The van der Waals surface area contributed by atoms with Crippen LogP contribution in [0.3, 0.4) is 0 Å². The van der Waals surface area contributed by atoms with Crippen LogP contribution in [-0.2, 0) is 11.2 Å². The molecule has 0 aromatic heterocycles. The molecule has 0 spiro atoms. The summed E-state index contributed by atoms with van der Waals surface area (Å²) in [5.41, 5.74) is 4.45. The standard InChI is InChI=1S/C11H9NOS/c13-11-8-5-7-3-1-2-4-9(7)12-10(8)6-14-11/h1-4,12H,5-6H2. The van der Waals surface area contributed by atoms with Gasteiger partial charge in [0.05, 0.1) is 0 Å². The Morgan fingerprint density at radius 2 is 2.14 bits per heavy atom. The third-order valence-electron chi connectivity index (χ3n) is 2.63. The molecule has 2 heterocycles. The van der Waals surface area contributed by atoms with E-state index in [0.29, 0.717) is 0 Å². The maximum absolute atomic E-state index is 11.5. The second kappa shape index (κ2) is 2.89.